The lowest BCUT2D eigenvalue weighted by atomic mass is 10.1. The second-order valence-electron chi connectivity index (χ2n) is 4.13. The maximum absolute atomic E-state index is 13.6. The molecule has 0 atom stereocenters. The van der Waals surface area contributed by atoms with E-state index in [9.17, 15) is 13.6 Å². The molecule has 0 unspecified atom stereocenters. The second-order valence-corrected chi connectivity index (χ2v) is 4.13. The van der Waals surface area contributed by atoms with Gasteiger partial charge in [-0.15, -0.1) is 0 Å². The predicted molar refractivity (Wildman–Crippen MR) is 71.5 cm³/mol. The number of hydrogen-bond donors (Lipinski definition) is 1. The molecule has 2 aromatic rings. The van der Waals surface area contributed by atoms with Crippen LogP contribution in [0.25, 0.3) is 0 Å². The van der Waals surface area contributed by atoms with Crippen molar-refractivity contribution in [1.29, 1.82) is 0 Å². The standard InChI is InChI=1S/C15H13F2NO2/c1-20-15(19)10-6-7-13(17)14(8-10)18-9-11-4-2-3-5-12(11)16/h2-8,18H,9H2,1H3. The number of benzene rings is 2. The van der Waals surface area contributed by atoms with Crippen LogP contribution in [0.5, 0.6) is 0 Å². The van der Waals surface area contributed by atoms with Crippen LogP contribution >= 0.6 is 0 Å². The third-order valence-corrected chi connectivity index (χ3v) is 2.81. The summed E-state index contributed by atoms with van der Waals surface area (Å²) in [7, 11) is 1.25. The van der Waals surface area contributed by atoms with Gasteiger partial charge >= 0.3 is 5.97 Å². The van der Waals surface area contributed by atoms with Crippen LogP contribution in [-0.4, -0.2) is 13.1 Å². The van der Waals surface area contributed by atoms with E-state index in [1.165, 1.54) is 25.3 Å². The van der Waals surface area contributed by atoms with Gasteiger partial charge in [0.2, 0.25) is 0 Å². The fourth-order valence-electron chi connectivity index (χ4n) is 1.74. The molecule has 0 bridgehead atoms. The van der Waals surface area contributed by atoms with Crippen LogP contribution < -0.4 is 5.32 Å². The lowest BCUT2D eigenvalue weighted by molar-refractivity contribution is 0.0600. The van der Waals surface area contributed by atoms with E-state index in [2.05, 4.69) is 10.1 Å². The zero-order chi connectivity index (χ0) is 14.5. The largest absolute Gasteiger partial charge is 0.465 e. The molecule has 0 amide bonds. The van der Waals surface area contributed by atoms with Crippen molar-refractivity contribution < 1.29 is 18.3 Å². The molecule has 0 heterocycles. The minimum Gasteiger partial charge on any atom is -0.465 e. The maximum Gasteiger partial charge on any atom is 0.337 e. The normalized spacial score (nSPS) is 10.2. The molecule has 0 aromatic heterocycles. The van der Waals surface area contributed by atoms with E-state index in [1.54, 1.807) is 18.2 Å². The molecule has 5 heteroatoms. The van der Waals surface area contributed by atoms with Crippen LogP contribution in [0.4, 0.5) is 14.5 Å². The summed E-state index contributed by atoms with van der Waals surface area (Å²) in [6, 6.07) is 10.0. The van der Waals surface area contributed by atoms with Crippen molar-refractivity contribution in [3.63, 3.8) is 0 Å². The number of halogens is 2. The molecule has 0 aliphatic carbocycles. The Balaban J connectivity index is 2.17. The van der Waals surface area contributed by atoms with Gasteiger partial charge in [-0.05, 0) is 24.3 Å². The molecule has 3 nitrogen and oxygen atoms in total. The number of anilines is 1. The Bertz CT molecular complexity index is 629. The Labute approximate surface area is 115 Å². The summed E-state index contributed by atoms with van der Waals surface area (Å²) < 4.78 is 31.6. The number of carbonyl (C=O) groups excluding carboxylic acids is 1. The lowest BCUT2D eigenvalue weighted by Gasteiger charge is -2.09. The molecule has 104 valence electrons. The summed E-state index contributed by atoms with van der Waals surface area (Å²) in [5, 5.41) is 2.77. The number of esters is 1. The molecule has 0 saturated heterocycles. The van der Waals surface area contributed by atoms with Crippen molar-refractivity contribution in [3.05, 3.63) is 65.2 Å². The van der Waals surface area contributed by atoms with Gasteiger partial charge in [-0.25, -0.2) is 13.6 Å². The Morgan fingerprint density at radius 3 is 2.60 bits per heavy atom. The van der Waals surface area contributed by atoms with Gasteiger partial charge in [0.05, 0.1) is 18.4 Å². The fourth-order valence-corrected chi connectivity index (χ4v) is 1.74. The first kappa shape index (κ1) is 14.0. The van der Waals surface area contributed by atoms with Crippen LogP contribution in [0.3, 0.4) is 0 Å². The Morgan fingerprint density at radius 2 is 1.90 bits per heavy atom. The van der Waals surface area contributed by atoms with Gasteiger partial charge in [-0.1, -0.05) is 18.2 Å². The molecule has 1 N–H and O–H groups in total. The van der Waals surface area contributed by atoms with Crippen molar-refractivity contribution in [2.45, 2.75) is 6.54 Å². The number of carbonyl (C=O) groups is 1. The van der Waals surface area contributed by atoms with Crippen LogP contribution in [0, 0.1) is 11.6 Å². The van der Waals surface area contributed by atoms with Crippen LogP contribution in [0.2, 0.25) is 0 Å². The van der Waals surface area contributed by atoms with E-state index in [-0.39, 0.29) is 23.6 Å². The van der Waals surface area contributed by atoms with Gasteiger partial charge in [0, 0.05) is 12.1 Å². The Kier molecular flexibility index (Phi) is 4.30. The Hall–Kier alpha value is -2.43. The fraction of sp³-hybridized carbons (Fsp3) is 0.133. The summed E-state index contributed by atoms with van der Waals surface area (Å²) in [6.07, 6.45) is 0. The number of methoxy groups -OCH3 is 1. The van der Waals surface area contributed by atoms with Gasteiger partial charge in [0.15, 0.2) is 0 Å². The summed E-state index contributed by atoms with van der Waals surface area (Å²) in [5.41, 5.74) is 0.761. The number of rotatable bonds is 4. The van der Waals surface area contributed by atoms with Crippen LogP contribution in [0.15, 0.2) is 42.5 Å². The monoisotopic (exact) mass is 277 g/mol. The average molecular weight is 277 g/mol. The van der Waals surface area contributed by atoms with Gasteiger partial charge in [0.1, 0.15) is 11.6 Å². The third kappa shape index (κ3) is 3.12. The molecule has 0 fully saturated rings. The highest BCUT2D eigenvalue weighted by Crippen LogP contribution is 2.18. The molecule has 0 aliphatic rings. The first-order valence-corrected chi connectivity index (χ1v) is 5.97. The zero-order valence-corrected chi connectivity index (χ0v) is 10.8. The molecular formula is C15H13F2NO2. The minimum absolute atomic E-state index is 0.119. The molecular weight excluding hydrogens is 264 g/mol. The van der Waals surface area contributed by atoms with Gasteiger partial charge < -0.3 is 10.1 Å². The molecule has 20 heavy (non-hydrogen) atoms. The average Bonchev–Trinajstić information content (AvgIpc) is 2.47. The molecule has 0 saturated carbocycles. The highest BCUT2D eigenvalue weighted by molar-refractivity contribution is 5.90. The summed E-state index contributed by atoms with van der Waals surface area (Å²) in [5.74, 6) is -1.45. The number of ether oxygens (including phenoxy) is 1. The van der Waals surface area contributed by atoms with Crippen molar-refractivity contribution in [2.24, 2.45) is 0 Å². The van der Waals surface area contributed by atoms with E-state index < -0.39 is 11.8 Å². The van der Waals surface area contributed by atoms with Gasteiger partial charge in [-0.2, -0.15) is 0 Å². The number of hydrogen-bond acceptors (Lipinski definition) is 3. The Morgan fingerprint density at radius 1 is 1.15 bits per heavy atom. The van der Waals surface area contributed by atoms with Crippen molar-refractivity contribution in [1.82, 2.24) is 0 Å². The molecule has 2 aromatic carbocycles. The highest BCUT2D eigenvalue weighted by atomic mass is 19.1. The molecule has 2 rings (SSSR count). The van der Waals surface area contributed by atoms with E-state index in [4.69, 9.17) is 0 Å². The summed E-state index contributed by atoms with van der Waals surface area (Å²) in [4.78, 5) is 11.4. The topological polar surface area (TPSA) is 38.3 Å². The minimum atomic E-state index is -0.557. The number of nitrogens with one attached hydrogen (secondary N) is 1. The SMILES string of the molecule is COC(=O)c1ccc(F)c(NCc2ccccc2F)c1. The van der Waals surface area contributed by atoms with E-state index >= 15 is 0 Å². The van der Waals surface area contributed by atoms with Crippen molar-refractivity contribution in [2.75, 3.05) is 12.4 Å². The molecule has 0 spiro atoms. The van der Waals surface area contributed by atoms with E-state index in [1.807, 2.05) is 0 Å². The molecule has 0 radical (unpaired) electrons. The van der Waals surface area contributed by atoms with Crippen molar-refractivity contribution >= 4 is 11.7 Å². The highest BCUT2D eigenvalue weighted by Gasteiger charge is 2.10. The first-order valence-electron chi connectivity index (χ1n) is 5.97. The van der Waals surface area contributed by atoms with Crippen molar-refractivity contribution in [3.8, 4) is 0 Å². The van der Waals surface area contributed by atoms with Crippen LogP contribution in [0.1, 0.15) is 15.9 Å². The smallest absolute Gasteiger partial charge is 0.337 e. The first-order chi connectivity index (χ1) is 9.61. The van der Waals surface area contributed by atoms with Gasteiger partial charge in [0.25, 0.3) is 0 Å². The van der Waals surface area contributed by atoms with Crippen LogP contribution in [-0.2, 0) is 11.3 Å². The van der Waals surface area contributed by atoms with E-state index in [0.29, 0.717) is 5.56 Å². The quantitative estimate of drug-likeness (QED) is 0.871. The molecule has 0 aliphatic heterocycles. The lowest BCUT2D eigenvalue weighted by Crippen LogP contribution is -2.06. The predicted octanol–water partition coefficient (Wildman–Crippen LogP) is 3.36. The summed E-state index contributed by atoms with van der Waals surface area (Å²) >= 11 is 0. The zero-order valence-electron chi connectivity index (χ0n) is 10.8. The second kappa shape index (κ2) is 6.14. The van der Waals surface area contributed by atoms with Gasteiger partial charge in [-0.3, -0.25) is 0 Å². The third-order valence-electron chi connectivity index (χ3n) is 2.81. The summed E-state index contributed by atoms with van der Waals surface area (Å²) in [6.45, 7) is 0.119. The van der Waals surface area contributed by atoms with E-state index in [0.717, 1.165) is 6.07 Å². The maximum atomic E-state index is 13.6.